The second-order valence-corrected chi connectivity index (χ2v) is 6.88. The van der Waals surface area contributed by atoms with E-state index >= 15 is 0 Å². The number of halogens is 2. The molecule has 29 heavy (non-hydrogen) atoms. The number of nitrogens with two attached hydrogens (primary N) is 1. The lowest BCUT2D eigenvalue weighted by molar-refractivity contribution is -0.119. The molecule has 1 aliphatic rings. The molecule has 9 heteroatoms. The molecule has 1 saturated heterocycles. The first-order valence-electron chi connectivity index (χ1n) is 9.22. The molecule has 1 atom stereocenters. The second kappa shape index (κ2) is 10.5. The summed E-state index contributed by atoms with van der Waals surface area (Å²) in [6, 6.07) is 13.1. The normalized spacial score (nSPS) is 15.2. The average molecular weight is 438 g/mol. The van der Waals surface area contributed by atoms with Gasteiger partial charge in [-0.1, -0.05) is 18.2 Å². The minimum absolute atomic E-state index is 0. The summed E-state index contributed by atoms with van der Waals surface area (Å²) in [4.78, 5) is 12.4. The van der Waals surface area contributed by atoms with Gasteiger partial charge in [0.2, 0.25) is 5.91 Å². The molecule has 2 aromatic heterocycles. The summed E-state index contributed by atoms with van der Waals surface area (Å²) in [6.07, 6.45) is 4.29. The van der Waals surface area contributed by atoms with Crippen molar-refractivity contribution in [2.45, 2.75) is 25.3 Å². The quantitative estimate of drug-likeness (QED) is 0.639. The average Bonchev–Trinajstić information content (AvgIpc) is 3.12. The van der Waals surface area contributed by atoms with Gasteiger partial charge in [0, 0.05) is 31.5 Å². The van der Waals surface area contributed by atoms with E-state index in [1.54, 1.807) is 0 Å². The zero-order chi connectivity index (χ0) is 18.6. The smallest absolute Gasteiger partial charge is 0.241 e. The van der Waals surface area contributed by atoms with Crippen molar-refractivity contribution in [2.24, 2.45) is 11.7 Å². The van der Waals surface area contributed by atoms with Crippen LogP contribution in [0.25, 0.3) is 5.65 Å². The number of amides is 1. The van der Waals surface area contributed by atoms with Crippen LogP contribution in [0.1, 0.15) is 24.2 Å². The van der Waals surface area contributed by atoms with Gasteiger partial charge in [-0.2, -0.15) is 0 Å². The van der Waals surface area contributed by atoms with Crippen LogP contribution in [-0.4, -0.2) is 39.8 Å². The number of pyridine rings is 1. The van der Waals surface area contributed by atoms with Crippen molar-refractivity contribution in [1.82, 2.24) is 14.6 Å². The lowest BCUT2D eigenvalue weighted by Crippen LogP contribution is -2.43. The maximum absolute atomic E-state index is 12.4. The third kappa shape index (κ3) is 5.45. The second-order valence-electron chi connectivity index (χ2n) is 6.88. The summed E-state index contributed by atoms with van der Waals surface area (Å²) in [5.41, 5.74) is 8.80. The molecule has 7 nitrogen and oxygen atoms in total. The molecule has 156 valence electrons. The minimum Gasteiger partial charge on any atom is -0.381 e. The van der Waals surface area contributed by atoms with E-state index in [1.165, 1.54) is 0 Å². The zero-order valence-corrected chi connectivity index (χ0v) is 17.5. The number of benzene rings is 1. The lowest BCUT2D eigenvalue weighted by Gasteiger charge is -2.26. The molecular weight excluding hydrogens is 413 g/mol. The summed E-state index contributed by atoms with van der Waals surface area (Å²) < 4.78 is 7.31. The first-order valence-corrected chi connectivity index (χ1v) is 9.22. The molecule has 1 unspecified atom stereocenters. The fourth-order valence-electron chi connectivity index (χ4n) is 3.41. The van der Waals surface area contributed by atoms with Crippen molar-refractivity contribution in [3.63, 3.8) is 0 Å². The highest BCUT2D eigenvalue weighted by Gasteiger charge is 2.26. The lowest BCUT2D eigenvalue weighted by atomic mass is 9.92. The monoisotopic (exact) mass is 437 g/mol. The first-order chi connectivity index (χ1) is 13.2. The van der Waals surface area contributed by atoms with Gasteiger partial charge in [0.1, 0.15) is 5.82 Å². The van der Waals surface area contributed by atoms with Gasteiger partial charge >= 0.3 is 0 Å². The van der Waals surface area contributed by atoms with Crippen LogP contribution >= 0.6 is 24.8 Å². The van der Waals surface area contributed by atoms with E-state index in [-0.39, 0.29) is 36.6 Å². The molecule has 1 fully saturated rings. The van der Waals surface area contributed by atoms with Gasteiger partial charge in [-0.25, -0.2) is 0 Å². The van der Waals surface area contributed by atoms with Crippen LogP contribution in [0.4, 0.5) is 5.69 Å². The summed E-state index contributed by atoms with van der Waals surface area (Å²) in [6.45, 7) is 1.36. The van der Waals surface area contributed by atoms with Crippen LogP contribution in [0.2, 0.25) is 0 Å². The predicted octanol–water partition coefficient (Wildman–Crippen LogP) is 2.86. The SMILES string of the molecule is Cl.Cl.NC(C(=O)Nc1ccc(Cc2nnc3ccccn23)cc1)C1CCOCC1. The molecule has 1 aromatic carbocycles. The Labute approximate surface area is 181 Å². The van der Waals surface area contributed by atoms with Gasteiger partial charge in [-0.05, 0) is 48.6 Å². The standard InChI is InChI=1S/C20H23N5O2.2ClH/c21-19(15-8-11-27-12-9-15)20(26)22-16-6-4-14(5-7-16)13-18-24-23-17-3-1-2-10-25(17)18;;/h1-7,10,15,19H,8-9,11-13,21H2,(H,22,26);2*1H. The van der Waals surface area contributed by atoms with Crippen molar-refractivity contribution in [3.05, 3.63) is 60.0 Å². The Kier molecular flexibility index (Phi) is 8.40. The highest BCUT2D eigenvalue weighted by atomic mass is 35.5. The van der Waals surface area contributed by atoms with E-state index in [1.807, 2.05) is 53.1 Å². The summed E-state index contributed by atoms with van der Waals surface area (Å²) in [7, 11) is 0. The molecule has 0 bridgehead atoms. The third-order valence-corrected chi connectivity index (χ3v) is 5.04. The Hall–Kier alpha value is -2.19. The number of nitrogens with zero attached hydrogens (tertiary/aromatic N) is 3. The Balaban J connectivity index is 0.00000150. The molecule has 3 N–H and O–H groups in total. The third-order valence-electron chi connectivity index (χ3n) is 5.04. The number of aromatic nitrogens is 3. The van der Waals surface area contributed by atoms with Crippen LogP contribution in [0.5, 0.6) is 0 Å². The Bertz CT molecular complexity index is 926. The molecule has 0 aliphatic carbocycles. The topological polar surface area (TPSA) is 94.5 Å². The van der Waals surface area contributed by atoms with Crippen molar-refractivity contribution in [2.75, 3.05) is 18.5 Å². The van der Waals surface area contributed by atoms with Gasteiger partial charge in [-0.3, -0.25) is 9.20 Å². The van der Waals surface area contributed by atoms with Crippen LogP contribution in [0.3, 0.4) is 0 Å². The van der Waals surface area contributed by atoms with Crippen LogP contribution < -0.4 is 11.1 Å². The van der Waals surface area contributed by atoms with Crippen molar-refractivity contribution in [1.29, 1.82) is 0 Å². The number of hydrogen-bond acceptors (Lipinski definition) is 5. The van der Waals surface area contributed by atoms with E-state index in [0.29, 0.717) is 19.6 Å². The number of hydrogen-bond donors (Lipinski definition) is 2. The Morgan fingerprint density at radius 3 is 2.59 bits per heavy atom. The number of carbonyl (C=O) groups excluding carboxylic acids is 1. The van der Waals surface area contributed by atoms with E-state index in [9.17, 15) is 4.79 Å². The van der Waals surface area contributed by atoms with E-state index in [4.69, 9.17) is 10.5 Å². The van der Waals surface area contributed by atoms with Gasteiger partial charge in [0.15, 0.2) is 5.65 Å². The first kappa shape index (κ1) is 23.1. The molecule has 4 rings (SSSR count). The fourth-order valence-corrected chi connectivity index (χ4v) is 3.41. The largest absolute Gasteiger partial charge is 0.381 e. The van der Waals surface area contributed by atoms with E-state index < -0.39 is 6.04 Å². The van der Waals surface area contributed by atoms with E-state index in [0.717, 1.165) is 35.6 Å². The molecule has 1 aliphatic heterocycles. The summed E-state index contributed by atoms with van der Waals surface area (Å²) >= 11 is 0. The molecule has 0 radical (unpaired) electrons. The van der Waals surface area contributed by atoms with Crippen molar-refractivity contribution >= 4 is 42.1 Å². The van der Waals surface area contributed by atoms with Crippen LogP contribution in [0.15, 0.2) is 48.7 Å². The predicted molar refractivity (Wildman–Crippen MR) is 117 cm³/mol. The summed E-state index contributed by atoms with van der Waals surface area (Å²) in [5, 5.41) is 11.3. The number of ether oxygens (including phenoxy) is 1. The van der Waals surface area contributed by atoms with Crippen molar-refractivity contribution in [3.8, 4) is 0 Å². The van der Waals surface area contributed by atoms with Gasteiger partial charge in [0.25, 0.3) is 0 Å². The number of rotatable bonds is 5. The highest BCUT2D eigenvalue weighted by molar-refractivity contribution is 5.94. The van der Waals surface area contributed by atoms with Gasteiger partial charge < -0.3 is 15.8 Å². The Morgan fingerprint density at radius 2 is 1.86 bits per heavy atom. The maximum atomic E-state index is 12.4. The molecule has 3 aromatic rings. The molecule has 1 amide bonds. The number of nitrogens with one attached hydrogen (secondary N) is 1. The van der Waals surface area contributed by atoms with Gasteiger partial charge in [-0.15, -0.1) is 35.0 Å². The molecular formula is C20H25Cl2N5O2. The molecule has 0 saturated carbocycles. The number of anilines is 1. The fraction of sp³-hybridized carbons (Fsp3) is 0.350. The van der Waals surface area contributed by atoms with Crippen LogP contribution in [0, 0.1) is 5.92 Å². The number of carbonyl (C=O) groups is 1. The van der Waals surface area contributed by atoms with Crippen LogP contribution in [-0.2, 0) is 16.0 Å². The van der Waals surface area contributed by atoms with Crippen molar-refractivity contribution < 1.29 is 9.53 Å². The Morgan fingerprint density at radius 1 is 1.14 bits per heavy atom. The summed E-state index contributed by atoms with van der Waals surface area (Å²) in [5.74, 6) is 0.918. The van der Waals surface area contributed by atoms with E-state index in [2.05, 4.69) is 15.5 Å². The highest BCUT2D eigenvalue weighted by Crippen LogP contribution is 2.19. The van der Waals surface area contributed by atoms with Gasteiger partial charge in [0.05, 0.1) is 6.04 Å². The molecule has 3 heterocycles. The number of fused-ring (bicyclic) bond motifs is 1. The minimum atomic E-state index is -0.504. The molecule has 0 spiro atoms. The zero-order valence-electron chi connectivity index (χ0n) is 15.9. The maximum Gasteiger partial charge on any atom is 0.241 e.